The molecule has 1 atom stereocenters. The lowest BCUT2D eigenvalue weighted by molar-refractivity contribution is -0.136. The van der Waals surface area contributed by atoms with E-state index in [1.54, 1.807) is 4.90 Å². The Hall–Kier alpha value is -2.62. The summed E-state index contributed by atoms with van der Waals surface area (Å²) in [7, 11) is 0. The lowest BCUT2D eigenvalue weighted by Gasteiger charge is -2.32. The third kappa shape index (κ3) is 3.12. The van der Waals surface area contributed by atoms with Crippen molar-refractivity contribution in [2.75, 3.05) is 13.1 Å². The molecule has 0 spiro atoms. The van der Waals surface area contributed by atoms with E-state index >= 15 is 0 Å². The van der Waals surface area contributed by atoms with Crippen molar-refractivity contribution in [3.8, 4) is 0 Å². The Balaban J connectivity index is 1.68. The SMILES string of the molecule is O=C([C@H](c1ccccc1)N1Cc2ccccc2C1=O)N1CCCCCC1. The summed E-state index contributed by atoms with van der Waals surface area (Å²) in [4.78, 5) is 30.2. The lowest BCUT2D eigenvalue weighted by atomic mass is 10.0. The van der Waals surface area contributed by atoms with Crippen LogP contribution < -0.4 is 0 Å². The summed E-state index contributed by atoms with van der Waals surface area (Å²) >= 11 is 0. The third-order valence-electron chi connectivity index (χ3n) is 5.43. The maximum atomic E-state index is 13.5. The molecular formula is C22H24N2O2. The van der Waals surface area contributed by atoms with Crippen LogP contribution in [0, 0.1) is 0 Å². The number of rotatable bonds is 3. The normalized spacial score (nSPS) is 18.4. The van der Waals surface area contributed by atoms with Crippen molar-refractivity contribution < 1.29 is 9.59 Å². The summed E-state index contributed by atoms with van der Waals surface area (Å²) in [6.07, 6.45) is 4.44. The highest BCUT2D eigenvalue weighted by Crippen LogP contribution is 2.33. The lowest BCUT2D eigenvalue weighted by Crippen LogP contribution is -2.43. The van der Waals surface area contributed by atoms with Crippen molar-refractivity contribution in [1.82, 2.24) is 9.80 Å². The van der Waals surface area contributed by atoms with Crippen LogP contribution in [0.4, 0.5) is 0 Å². The molecule has 134 valence electrons. The molecule has 26 heavy (non-hydrogen) atoms. The number of fused-ring (bicyclic) bond motifs is 1. The Morgan fingerprint density at radius 1 is 0.846 bits per heavy atom. The van der Waals surface area contributed by atoms with Crippen LogP contribution in [0.25, 0.3) is 0 Å². The van der Waals surface area contributed by atoms with Gasteiger partial charge in [0, 0.05) is 25.2 Å². The summed E-state index contributed by atoms with van der Waals surface area (Å²) in [6.45, 7) is 2.07. The molecular weight excluding hydrogens is 324 g/mol. The second-order valence-electron chi connectivity index (χ2n) is 7.14. The molecule has 0 radical (unpaired) electrons. The molecule has 2 aliphatic heterocycles. The zero-order chi connectivity index (χ0) is 17.9. The molecule has 2 aromatic rings. The summed E-state index contributed by atoms with van der Waals surface area (Å²) in [5.41, 5.74) is 2.61. The molecule has 0 bridgehead atoms. The molecule has 4 nitrogen and oxygen atoms in total. The molecule has 0 N–H and O–H groups in total. The molecule has 0 aromatic heterocycles. The Bertz CT molecular complexity index is 795. The monoisotopic (exact) mass is 348 g/mol. The van der Waals surface area contributed by atoms with Gasteiger partial charge in [-0.3, -0.25) is 9.59 Å². The van der Waals surface area contributed by atoms with E-state index in [1.165, 1.54) is 12.8 Å². The van der Waals surface area contributed by atoms with Crippen LogP contribution in [-0.2, 0) is 11.3 Å². The molecule has 2 amide bonds. The fraction of sp³-hybridized carbons (Fsp3) is 0.364. The first-order valence-electron chi connectivity index (χ1n) is 9.48. The van der Waals surface area contributed by atoms with E-state index < -0.39 is 6.04 Å². The Kier molecular flexibility index (Phi) is 4.74. The zero-order valence-corrected chi connectivity index (χ0v) is 14.9. The number of carbonyl (C=O) groups is 2. The minimum Gasteiger partial charge on any atom is -0.341 e. The van der Waals surface area contributed by atoms with Crippen molar-refractivity contribution in [2.45, 2.75) is 38.3 Å². The predicted molar refractivity (Wildman–Crippen MR) is 101 cm³/mol. The number of carbonyl (C=O) groups excluding carboxylic acids is 2. The summed E-state index contributed by atoms with van der Waals surface area (Å²) in [5.74, 6) is 0.0110. The number of nitrogens with zero attached hydrogens (tertiary/aromatic N) is 2. The topological polar surface area (TPSA) is 40.6 Å². The van der Waals surface area contributed by atoms with Crippen LogP contribution in [0.5, 0.6) is 0 Å². The maximum absolute atomic E-state index is 13.5. The highest BCUT2D eigenvalue weighted by Gasteiger charge is 2.38. The fourth-order valence-corrected chi connectivity index (χ4v) is 4.04. The van der Waals surface area contributed by atoms with Gasteiger partial charge < -0.3 is 9.80 Å². The quantitative estimate of drug-likeness (QED) is 0.847. The number of amides is 2. The molecule has 2 aromatic carbocycles. The number of hydrogen-bond acceptors (Lipinski definition) is 2. The van der Waals surface area contributed by atoms with E-state index in [4.69, 9.17) is 0 Å². The van der Waals surface area contributed by atoms with Gasteiger partial charge in [-0.1, -0.05) is 61.4 Å². The second kappa shape index (κ2) is 7.32. The van der Waals surface area contributed by atoms with Crippen molar-refractivity contribution >= 4 is 11.8 Å². The Morgan fingerprint density at radius 3 is 2.19 bits per heavy atom. The van der Waals surface area contributed by atoms with Gasteiger partial charge in [-0.15, -0.1) is 0 Å². The van der Waals surface area contributed by atoms with Gasteiger partial charge in [0.1, 0.15) is 6.04 Å². The molecule has 1 fully saturated rings. The van der Waals surface area contributed by atoms with Gasteiger partial charge in [0.15, 0.2) is 0 Å². The highest BCUT2D eigenvalue weighted by atomic mass is 16.2. The van der Waals surface area contributed by atoms with E-state index in [1.807, 2.05) is 59.5 Å². The van der Waals surface area contributed by atoms with Gasteiger partial charge >= 0.3 is 0 Å². The largest absolute Gasteiger partial charge is 0.341 e. The molecule has 0 unspecified atom stereocenters. The first-order chi connectivity index (χ1) is 12.8. The van der Waals surface area contributed by atoms with Crippen molar-refractivity contribution in [3.05, 3.63) is 71.3 Å². The average molecular weight is 348 g/mol. The van der Waals surface area contributed by atoms with E-state index in [0.29, 0.717) is 6.54 Å². The predicted octanol–water partition coefficient (Wildman–Crippen LogP) is 3.79. The molecule has 0 aliphatic carbocycles. The van der Waals surface area contributed by atoms with E-state index in [0.717, 1.165) is 42.6 Å². The van der Waals surface area contributed by atoms with Gasteiger partial charge in [0.25, 0.3) is 5.91 Å². The zero-order valence-electron chi connectivity index (χ0n) is 14.9. The van der Waals surface area contributed by atoms with Crippen LogP contribution in [-0.4, -0.2) is 34.7 Å². The van der Waals surface area contributed by atoms with E-state index in [-0.39, 0.29) is 11.8 Å². The van der Waals surface area contributed by atoms with Gasteiger partial charge in [-0.2, -0.15) is 0 Å². The number of benzene rings is 2. The van der Waals surface area contributed by atoms with Gasteiger partial charge in [-0.25, -0.2) is 0 Å². The smallest absolute Gasteiger partial charge is 0.255 e. The minimum atomic E-state index is -0.547. The van der Waals surface area contributed by atoms with Crippen molar-refractivity contribution in [3.63, 3.8) is 0 Å². The highest BCUT2D eigenvalue weighted by molar-refractivity contribution is 6.01. The average Bonchev–Trinajstić information content (AvgIpc) is 2.86. The molecule has 1 saturated heterocycles. The minimum absolute atomic E-state index is 0.0439. The molecule has 2 heterocycles. The van der Waals surface area contributed by atoms with Crippen LogP contribution in [0.15, 0.2) is 54.6 Å². The summed E-state index contributed by atoms with van der Waals surface area (Å²) in [5, 5.41) is 0. The van der Waals surface area contributed by atoms with Gasteiger partial charge in [0.2, 0.25) is 5.91 Å². The Morgan fingerprint density at radius 2 is 1.50 bits per heavy atom. The first kappa shape index (κ1) is 16.8. The van der Waals surface area contributed by atoms with Crippen molar-refractivity contribution in [1.29, 1.82) is 0 Å². The standard InChI is InChI=1S/C22H24N2O2/c25-21-19-13-7-6-12-18(19)16-24(21)20(17-10-4-3-5-11-17)22(26)23-14-8-1-2-9-15-23/h3-7,10-13,20H,1-2,8-9,14-16H2/t20-/m0/s1. The third-order valence-corrected chi connectivity index (χ3v) is 5.43. The van der Waals surface area contributed by atoms with E-state index in [9.17, 15) is 9.59 Å². The molecule has 4 heteroatoms. The van der Waals surface area contributed by atoms with Crippen molar-refractivity contribution in [2.24, 2.45) is 0 Å². The van der Waals surface area contributed by atoms with Crippen LogP contribution in [0.1, 0.15) is 53.2 Å². The summed E-state index contributed by atoms with van der Waals surface area (Å²) in [6, 6.07) is 16.8. The van der Waals surface area contributed by atoms with Gasteiger partial charge in [-0.05, 0) is 30.0 Å². The first-order valence-corrected chi connectivity index (χ1v) is 9.48. The maximum Gasteiger partial charge on any atom is 0.255 e. The number of hydrogen-bond donors (Lipinski definition) is 0. The molecule has 0 saturated carbocycles. The van der Waals surface area contributed by atoms with Crippen LogP contribution >= 0.6 is 0 Å². The van der Waals surface area contributed by atoms with Crippen LogP contribution in [0.3, 0.4) is 0 Å². The van der Waals surface area contributed by atoms with E-state index in [2.05, 4.69) is 0 Å². The molecule has 2 aliphatic rings. The van der Waals surface area contributed by atoms with Crippen LogP contribution in [0.2, 0.25) is 0 Å². The summed E-state index contributed by atoms with van der Waals surface area (Å²) < 4.78 is 0. The van der Waals surface area contributed by atoms with Gasteiger partial charge in [0.05, 0.1) is 0 Å². The molecule has 4 rings (SSSR count). The number of likely N-dealkylation sites (tertiary alicyclic amines) is 1. The fourth-order valence-electron chi connectivity index (χ4n) is 4.04. The second-order valence-corrected chi connectivity index (χ2v) is 7.14. The Labute approximate surface area is 154 Å².